The zero-order valence-corrected chi connectivity index (χ0v) is 24.7. The lowest BCUT2D eigenvalue weighted by Crippen LogP contribution is -2.30. The highest BCUT2D eigenvalue weighted by molar-refractivity contribution is 8.26. The summed E-state index contributed by atoms with van der Waals surface area (Å²) in [4.78, 5) is 27.6. The second-order valence-corrected chi connectivity index (χ2v) is 10.4. The van der Waals surface area contributed by atoms with Crippen LogP contribution in [0.4, 0.5) is 0 Å². The van der Waals surface area contributed by atoms with Crippen molar-refractivity contribution in [3.63, 3.8) is 0 Å². The van der Waals surface area contributed by atoms with Gasteiger partial charge in [0.2, 0.25) is 0 Å². The number of benzene rings is 3. The highest BCUT2D eigenvalue weighted by Gasteiger charge is 2.31. The summed E-state index contributed by atoms with van der Waals surface area (Å²) in [5.74, 6) is 1.90. The van der Waals surface area contributed by atoms with Crippen LogP contribution in [-0.2, 0) is 16.0 Å². The minimum atomic E-state index is -0.554. The van der Waals surface area contributed by atoms with Crippen LogP contribution in [0.15, 0.2) is 71.6 Å². The SMILES string of the molecule is COc1ccc(C=CC(=O)Oc2ccc(C=C3SC(=S)N(CCc4ccc(OC)c(OC)c4)C3=O)cc2OC)cc1. The number of thioether (sulfide) groups is 1. The largest absolute Gasteiger partial charge is 0.497 e. The van der Waals surface area contributed by atoms with Gasteiger partial charge in [0.05, 0.1) is 33.3 Å². The molecule has 4 rings (SSSR count). The fourth-order valence-corrected chi connectivity index (χ4v) is 5.31. The number of nitrogens with zero attached hydrogens (tertiary/aromatic N) is 1. The molecule has 41 heavy (non-hydrogen) atoms. The Labute approximate surface area is 248 Å². The minimum Gasteiger partial charge on any atom is -0.497 e. The van der Waals surface area contributed by atoms with E-state index in [4.69, 9.17) is 35.9 Å². The van der Waals surface area contributed by atoms with E-state index in [1.54, 1.807) is 68.7 Å². The van der Waals surface area contributed by atoms with Gasteiger partial charge in [-0.25, -0.2) is 4.79 Å². The number of hydrogen-bond acceptors (Lipinski definition) is 9. The number of amides is 1. The molecular weight excluding hydrogens is 562 g/mol. The Kier molecular flexibility index (Phi) is 10.0. The average molecular weight is 592 g/mol. The van der Waals surface area contributed by atoms with Crippen LogP contribution in [0.25, 0.3) is 12.2 Å². The zero-order valence-electron chi connectivity index (χ0n) is 23.0. The fraction of sp³-hybridized carbons (Fsp3) is 0.194. The van der Waals surface area contributed by atoms with E-state index in [0.717, 1.165) is 16.9 Å². The van der Waals surface area contributed by atoms with Gasteiger partial charge in [0.1, 0.15) is 10.1 Å². The van der Waals surface area contributed by atoms with Crippen LogP contribution < -0.4 is 23.7 Å². The van der Waals surface area contributed by atoms with E-state index in [9.17, 15) is 9.59 Å². The Morgan fingerprint density at radius 2 is 1.49 bits per heavy atom. The Morgan fingerprint density at radius 3 is 2.17 bits per heavy atom. The molecule has 0 aliphatic carbocycles. The lowest BCUT2D eigenvalue weighted by Gasteiger charge is -2.15. The van der Waals surface area contributed by atoms with Crippen LogP contribution >= 0.6 is 24.0 Å². The maximum Gasteiger partial charge on any atom is 0.336 e. The van der Waals surface area contributed by atoms with Gasteiger partial charge in [-0.15, -0.1) is 0 Å². The number of ether oxygens (including phenoxy) is 5. The summed E-state index contributed by atoms with van der Waals surface area (Å²) < 4.78 is 27.2. The van der Waals surface area contributed by atoms with Gasteiger partial charge in [-0.1, -0.05) is 48.2 Å². The van der Waals surface area contributed by atoms with E-state index in [-0.39, 0.29) is 11.7 Å². The lowest BCUT2D eigenvalue weighted by molar-refractivity contribution is -0.129. The molecule has 1 fully saturated rings. The minimum absolute atomic E-state index is 0.168. The third-order valence-electron chi connectivity index (χ3n) is 6.17. The Balaban J connectivity index is 1.41. The topological polar surface area (TPSA) is 83.5 Å². The van der Waals surface area contributed by atoms with Crippen molar-refractivity contribution in [1.82, 2.24) is 4.90 Å². The smallest absolute Gasteiger partial charge is 0.336 e. The zero-order chi connectivity index (χ0) is 29.4. The van der Waals surface area contributed by atoms with Crippen molar-refractivity contribution in [3.05, 3.63) is 88.3 Å². The molecule has 0 radical (unpaired) electrons. The van der Waals surface area contributed by atoms with Crippen LogP contribution in [0.5, 0.6) is 28.7 Å². The average Bonchev–Trinajstić information content (AvgIpc) is 3.26. The van der Waals surface area contributed by atoms with Crippen LogP contribution in [0.3, 0.4) is 0 Å². The van der Waals surface area contributed by atoms with Gasteiger partial charge in [-0.05, 0) is 71.7 Å². The summed E-state index contributed by atoms with van der Waals surface area (Å²) in [6.45, 7) is 0.430. The van der Waals surface area contributed by atoms with Crippen molar-refractivity contribution < 1.29 is 33.3 Å². The molecule has 0 atom stereocenters. The molecule has 10 heteroatoms. The standard InChI is InChI=1S/C31H29NO7S2/c1-35-23-10-5-20(6-11-23)9-14-29(33)39-25-13-8-22(18-27(25)38-4)19-28-30(34)32(31(40)41-28)16-15-21-7-12-24(36-2)26(17-21)37-3/h5-14,17-19H,15-16H2,1-4H3. The van der Waals surface area contributed by atoms with Gasteiger partial charge in [-0.2, -0.15) is 0 Å². The maximum absolute atomic E-state index is 13.1. The van der Waals surface area contributed by atoms with Gasteiger partial charge < -0.3 is 23.7 Å². The fourth-order valence-electron chi connectivity index (χ4n) is 4.00. The van der Waals surface area contributed by atoms with Crippen LogP contribution in [-0.4, -0.2) is 56.1 Å². The molecule has 8 nitrogen and oxygen atoms in total. The molecule has 0 spiro atoms. The van der Waals surface area contributed by atoms with Crippen molar-refractivity contribution in [2.24, 2.45) is 0 Å². The molecular formula is C31H29NO7S2. The van der Waals surface area contributed by atoms with Crippen LogP contribution in [0, 0.1) is 0 Å². The van der Waals surface area contributed by atoms with Gasteiger partial charge >= 0.3 is 5.97 Å². The quantitative estimate of drug-likeness (QED) is 0.119. The van der Waals surface area contributed by atoms with Gasteiger partial charge in [-0.3, -0.25) is 9.69 Å². The van der Waals surface area contributed by atoms with E-state index in [1.165, 1.54) is 24.9 Å². The second kappa shape index (κ2) is 13.9. The van der Waals surface area contributed by atoms with Crippen molar-refractivity contribution in [2.75, 3.05) is 35.0 Å². The number of rotatable bonds is 11. The predicted octanol–water partition coefficient (Wildman–Crippen LogP) is 5.78. The van der Waals surface area contributed by atoms with Crippen LogP contribution in [0.1, 0.15) is 16.7 Å². The first-order valence-electron chi connectivity index (χ1n) is 12.5. The first-order chi connectivity index (χ1) is 19.8. The molecule has 1 amide bonds. The molecule has 3 aromatic rings. The molecule has 0 aromatic heterocycles. The maximum atomic E-state index is 13.1. The first-order valence-corrected chi connectivity index (χ1v) is 13.8. The Morgan fingerprint density at radius 1 is 0.829 bits per heavy atom. The van der Waals surface area contributed by atoms with E-state index < -0.39 is 5.97 Å². The molecule has 0 saturated carbocycles. The summed E-state index contributed by atoms with van der Waals surface area (Å²) >= 11 is 6.73. The van der Waals surface area contributed by atoms with E-state index in [1.807, 2.05) is 30.3 Å². The number of thiocarbonyl (C=S) groups is 1. The number of carbonyl (C=O) groups excluding carboxylic acids is 2. The summed E-state index contributed by atoms with van der Waals surface area (Å²) in [5.41, 5.74) is 2.52. The summed E-state index contributed by atoms with van der Waals surface area (Å²) in [5, 5.41) is 0. The Bertz CT molecular complexity index is 1500. The molecule has 1 saturated heterocycles. The van der Waals surface area contributed by atoms with E-state index in [0.29, 0.717) is 45.0 Å². The van der Waals surface area contributed by atoms with E-state index >= 15 is 0 Å². The molecule has 1 heterocycles. The summed E-state index contributed by atoms with van der Waals surface area (Å²) in [7, 11) is 6.25. The van der Waals surface area contributed by atoms with Gasteiger partial charge in [0.15, 0.2) is 23.0 Å². The van der Waals surface area contributed by atoms with E-state index in [2.05, 4.69) is 0 Å². The van der Waals surface area contributed by atoms with Gasteiger partial charge in [0, 0.05) is 12.6 Å². The van der Waals surface area contributed by atoms with Crippen molar-refractivity contribution in [3.8, 4) is 28.7 Å². The normalized spacial score (nSPS) is 14.0. The molecule has 0 N–H and O–H groups in total. The summed E-state index contributed by atoms with van der Waals surface area (Å²) in [6.07, 6.45) is 5.33. The number of esters is 1. The van der Waals surface area contributed by atoms with Crippen molar-refractivity contribution >= 4 is 52.3 Å². The molecule has 212 valence electrons. The second-order valence-electron chi connectivity index (χ2n) is 8.71. The number of hydrogen-bond donors (Lipinski definition) is 0. The molecule has 3 aromatic carbocycles. The molecule has 0 bridgehead atoms. The Hall–Kier alpha value is -4.28. The predicted molar refractivity (Wildman–Crippen MR) is 164 cm³/mol. The third kappa shape index (κ3) is 7.47. The number of carbonyl (C=O) groups is 2. The third-order valence-corrected chi connectivity index (χ3v) is 7.55. The molecule has 1 aliphatic rings. The highest BCUT2D eigenvalue weighted by Crippen LogP contribution is 2.35. The van der Waals surface area contributed by atoms with Gasteiger partial charge in [0.25, 0.3) is 5.91 Å². The lowest BCUT2D eigenvalue weighted by atomic mass is 10.1. The molecule has 0 unspecified atom stereocenters. The highest BCUT2D eigenvalue weighted by atomic mass is 32.2. The summed E-state index contributed by atoms with van der Waals surface area (Å²) in [6, 6.07) is 18.0. The molecule has 1 aliphatic heterocycles. The van der Waals surface area contributed by atoms with Crippen molar-refractivity contribution in [2.45, 2.75) is 6.42 Å². The van der Waals surface area contributed by atoms with Crippen LogP contribution in [0.2, 0.25) is 0 Å². The number of methoxy groups -OCH3 is 4. The van der Waals surface area contributed by atoms with Crippen molar-refractivity contribution in [1.29, 1.82) is 0 Å². The monoisotopic (exact) mass is 591 g/mol. The first kappa shape index (κ1) is 29.7.